The molecule has 0 spiro atoms. The molecule has 1 N–H and O–H groups in total. The lowest BCUT2D eigenvalue weighted by Crippen LogP contribution is -2.33. The zero-order chi connectivity index (χ0) is 19.1. The molecule has 4 nitrogen and oxygen atoms in total. The predicted molar refractivity (Wildman–Crippen MR) is 104 cm³/mol. The van der Waals surface area contributed by atoms with E-state index < -0.39 is 0 Å². The highest BCUT2D eigenvalue weighted by Gasteiger charge is 2.19. The van der Waals surface area contributed by atoms with Crippen LogP contribution in [-0.2, 0) is 17.9 Å². The summed E-state index contributed by atoms with van der Waals surface area (Å²) in [4.78, 5) is 14.5. The lowest BCUT2D eigenvalue weighted by molar-refractivity contribution is -0.122. The zero-order valence-corrected chi connectivity index (χ0v) is 15.8. The van der Waals surface area contributed by atoms with Crippen LogP contribution < -0.4 is 10.1 Å². The van der Waals surface area contributed by atoms with Gasteiger partial charge >= 0.3 is 0 Å². The Morgan fingerprint density at radius 1 is 1.07 bits per heavy atom. The van der Waals surface area contributed by atoms with E-state index in [-0.39, 0.29) is 11.7 Å². The summed E-state index contributed by atoms with van der Waals surface area (Å²) >= 11 is 0. The van der Waals surface area contributed by atoms with E-state index in [4.69, 9.17) is 4.74 Å². The first-order valence-electron chi connectivity index (χ1n) is 9.50. The highest BCUT2D eigenvalue weighted by atomic mass is 19.1. The van der Waals surface area contributed by atoms with Crippen molar-refractivity contribution in [2.75, 3.05) is 20.1 Å². The number of likely N-dealkylation sites (tertiary alicyclic amines) is 1. The van der Waals surface area contributed by atoms with Gasteiger partial charge in [0.15, 0.2) is 0 Å². The molecule has 27 heavy (non-hydrogen) atoms. The summed E-state index contributed by atoms with van der Waals surface area (Å²) in [7, 11) is 2.13. The molecule has 0 aliphatic carbocycles. The normalized spacial score (nSPS) is 15.5. The van der Waals surface area contributed by atoms with Crippen LogP contribution in [0.15, 0.2) is 48.5 Å². The molecule has 1 aliphatic heterocycles. The van der Waals surface area contributed by atoms with Crippen molar-refractivity contribution >= 4 is 5.91 Å². The standard InChI is InChI=1S/C22H27FN2O2/c1-25-12-10-17(11-13-25)14-22(26)24-15-18-4-8-21(9-5-18)27-16-19-2-6-20(23)7-3-19/h2-9,17H,10-16H2,1H3,(H,24,26). The van der Waals surface area contributed by atoms with E-state index >= 15 is 0 Å². The Kier molecular flexibility index (Phi) is 6.82. The molecule has 0 saturated carbocycles. The Bertz CT molecular complexity index is 723. The Morgan fingerprint density at radius 2 is 1.70 bits per heavy atom. The third kappa shape index (κ3) is 6.36. The van der Waals surface area contributed by atoms with Crippen molar-refractivity contribution in [1.29, 1.82) is 0 Å². The minimum atomic E-state index is -0.249. The molecule has 1 heterocycles. The van der Waals surface area contributed by atoms with Gasteiger partial charge in [0.25, 0.3) is 0 Å². The SMILES string of the molecule is CN1CCC(CC(=O)NCc2ccc(OCc3ccc(F)cc3)cc2)CC1. The lowest BCUT2D eigenvalue weighted by atomic mass is 9.93. The number of benzene rings is 2. The van der Waals surface area contributed by atoms with Crippen LogP contribution in [0.25, 0.3) is 0 Å². The Labute approximate surface area is 160 Å². The smallest absolute Gasteiger partial charge is 0.220 e. The first-order chi connectivity index (χ1) is 13.1. The summed E-state index contributed by atoms with van der Waals surface area (Å²) in [6, 6.07) is 14.0. The fourth-order valence-electron chi connectivity index (χ4n) is 3.25. The molecule has 2 aromatic carbocycles. The van der Waals surface area contributed by atoms with Crippen molar-refractivity contribution in [3.8, 4) is 5.75 Å². The van der Waals surface area contributed by atoms with Gasteiger partial charge in [-0.1, -0.05) is 24.3 Å². The van der Waals surface area contributed by atoms with Crippen LogP contribution in [0.5, 0.6) is 5.75 Å². The summed E-state index contributed by atoms with van der Waals surface area (Å²) in [6.07, 6.45) is 2.82. The molecule has 0 bridgehead atoms. The summed E-state index contributed by atoms with van der Waals surface area (Å²) < 4.78 is 18.6. The molecule has 5 heteroatoms. The third-order valence-electron chi connectivity index (χ3n) is 5.04. The number of amides is 1. The van der Waals surface area contributed by atoms with Crippen molar-refractivity contribution in [2.45, 2.75) is 32.4 Å². The fraction of sp³-hybridized carbons (Fsp3) is 0.409. The summed E-state index contributed by atoms with van der Waals surface area (Å²) in [5, 5.41) is 3.01. The second kappa shape index (κ2) is 9.51. The van der Waals surface area contributed by atoms with Gasteiger partial charge < -0.3 is 15.0 Å². The van der Waals surface area contributed by atoms with Crippen LogP contribution in [0, 0.1) is 11.7 Å². The van der Waals surface area contributed by atoms with Gasteiger partial charge in [-0.2, -0.15) is 0 Å². The van der Waals surface area contributed by atoms with Gasteiger partial charge in [-0.25, -0.2) is 4.39 Å². The van der Waals surface area contributed by atoms with Gasteiger partial charge in [0.2, 0.25) is 5.91 Å². The maximum atomic E-state index is 12.9. The van der Waals surface area contributed by atoms with Crippen LogP contribution >= 0.6 is 0 Å². The minimum Gasteiger partial charge on any atom is -0.489 e. The number of piperidine rings is 1. The summed E-state index contributed by atoms with van der Waals surface area (Å²) in [6.45, 7) is 3.09. The van der Waals surface area contributed by atoms with E-state index in [0.717, 1.165) is 42.8 Å². The van der Waals surface area contributed by atoms with Crippen LogP contribution in [-0.4, -0.2) is 30.9 Å². The highest BCUT2D eigenvalue weighted by molar-refractivity contribution is 5.76. The maximum absolute atomic E-state index is 12.9. The number of nitrogens with one attached hydrogen (secondary N) is 1. The van der Waals surface area contributed by atoms with E-state index in [9.17, 15) is 9.18 Å². The van der Waals surface area contributed by atoms with E-state index in [0.29, 0.717) is 25.5 Å². The molecule has 0 radical (unpaired) electrons. The van der Waals surface area contributed by atoms with E-state index in [1.807, 2.05) is 24.3 Å². The summed E-state index contributed by atoms with van der Waals surface area (Å²) in [5.41, 5.74) is 1.96. The molecule has 2 aromatic rings. The number of halogens is 1. The Morgan fingerprint density at radius 3 is 2.37 bits per heavy atom. The molecule has 1 fully saturated rings. The number of nitrogens with zero attached hydrogens (tertiary/aromatic N) is 1. The summed E-state index contributed by atoms with van der Waals surface area (Å²) in [5.74, 6) is 1.13. The van der Waals surface area contributed by atoms with Crippen molar-refractivity contribution in [3.05, 3.63) is 65.5 Å². The van der Waals surface area contributed by atoms with Gasteiger partial charge in [-0.3, -0.25) is 4.79 Å². The molecule has 1 amide bonds. The minimum absolute atomic E-state index is 0.126. The van der Waals surface area contributed by atoms with E-state index in [1.165, 1.54) is 12.1 Å². The largest absolute Gasteiger partial charge is 0.489 e. The van der Waals surface area contributed by atoms with Crippen LogP contribution in [0.4, 0.5) is 4.39 Å². The number of carbonyl (C=O) groups excluding carboxylic acids is 1. The molecule has 3 rings (SSSR count). The Hall–Kier alpha value is -2.40. The van der Waals surface area contributed by atoms with Gasteiger partial charge in [0.1, 0.15) is 18.2 Å². The second-order valence-electron chi connectivity index (χ2n) is 7.29. The maximum Gasteiger partial charge on any atom is 0.220 e. The number of rotatable bonds is 7. The molecule has 0 atom stereocenters. The number of hydrogen-bond acceptors (Lipinski definition) is 3. The first kappa shape index (κ1) is 19.4. The van der Waals surface area contributed by atoms with E-state index in [2.05, 4.69) is 17.3 Å². The van der Waals surface area contributed by atoms with Crippen molar-refractivity contribution in [2.24, 2.45) is 5.92 Å². The third-order valence-corrected chi connectivity index (χ3v) is 5.04. The highest BCUT2D eigenvalue weighted by Crippen LogP contribution is 2.19. The van der Waals surface area contributed by atoms with Gasteiger partial charge in [0.05, 0.1) is 0 Å². The lowest BCUT2D eigenvalue weighted by Gasteiger charge is -2.28. The van der Waals surface area contributed by atoms with Crippen LogP contribution in [0.2, 0.25) is 0 Å². The molecule has 1 saturated heterocycles. The van der Waals surface area contributed by atoms with Crippen LogP contribution in [0.3, 0.4) is 0 Å². The predicted octanol–water partition coefficient (Wildman–Crippen LogP) is 3.75. The van der Waals surface area contributed by atoms with Crippen molar-refractivity contribution in [3.63, 3.8) is 0 Å². The van der Waals surface area contributed by atoms with Gasteiger partial charge in [0, 0.05) is 13.0 Å². The van der Waals surface area contributed by atoms with Gasteiger partial charge in [-0.05, 0) is 74.3 Å². The quantitative estimate of drug-likeness (QED) is 0.807. The van der Waals surface area contributed by atoms with Crippen molar-refractivity contribution < 1.29 is 13.9 Å². The topological polar surface area (TPSA) is 41.6 Å². The molecule has 0 unspecified atom stereocenters. The first-order valence-corrected chi connectivity index (χ1v) is 9.50. The zero-order valence-electron chi connectivity index (χ0n) is 15.8. The molecule has 1 aliphatic rings. The van der Waals surface area contributed by atoms with E-state index in [1.54, 1.807) is 12.1 Å². The monoisotopic (exact) mass is 370 g/mol. The van der Waals surface area contributed by atoms with Gasteiger partial charge in [-0.15, -0.1) is 0 Å². The molecular weight excluding hydrogens is 343 g/mol. The fourth-order valence-corrected chi connectivity index (χ4v) is 3.25. The number of carbonyl (C=O) groups is 1. The molecular formula is C22H27FN2O2. The average Bonchev–Trinajstić information content (AvgIpc) is 2.68. The van der Waals surface area contributed by atoms with Crippen LogP contribution in [0.1, 0.15) is 30.4 Å². The number of ether oxygens (including phenoxy) is 1. The Balaban J connectivity index is 1.39. The van der Waals surface area contributed by atoms with Crippen molar-refractivity contribution in [1.82, 2.24) is 10.2 Å². The number of hydrogen-bond donors (Lipinski definition) is 1. The molecule has 0 aromatic heterocycles. The molecule has 144 valence electrons. The second-order valence-corrected chi connectivity index (χ2v) is 7.29. The average molecular weight is 370 g/mol.